The number of aromatic nitrogens is 2. The van der Waals surface area contributed by atoms with Crippen LogP contribution in [-0.2, 0) is 19.6 Å². The maximum Gasteiger partial charge on any atom is 0.271 e. The number of nitrogens with one attached hydrogen (secondary N) is 1. The number of carbonyl (C=O) groups is 1. The number of carbonyl (C=O) groups excluding carboxylic acids is 1. The van der Waals surface area contributed by atoms with Crippen molar-refractivity contribution >= 4 is 17.2 Å². The van der Waals surface area contributed by atoms with Crippen molar-refractivity contribution in [3.63, 3.8) is 0 Å². The summed E-state index contributed by atoms with van der Waals surface area (Å²) in [6, 6.07) is 13.6. The van der Waals surface area contributed by atoms with Crippen molar-refractivity contribution in [3.05, 3.63) is 76.0 Å². The molecule has 2 heterocycles. The highest BCUT2D eigenvalue weighted by Gasteiger charge is 2.11. The minimum atomic E-state index is -0.207. The average Bonchev–Trinajstić information content (AvgIpc) is 3.14. The van der Waals surface area contributed by atoms with Crippen molar-refractivity contribution < 1.29 is 9.53 Å². The second-order valence-electron chi connectivity index (χ2n) is 5.42. The molecule has 0 aliphatic carbocycles. The molecule has 128 valence electrons. The van der Waals surface area contributed by atoms with Crippen molar-refractivity contribution in [1.82, 2.24) is 15.3 Å². The first-order valence-corrected chi connectivity index (χ1v) is 8.97. The Morgan fingerprint density at radius 1 is 1.24 bits per heavy atom. The Kier molecular flexibility index (Phi) is 5.74. The number of ether oxygens (including phenoxy) is 1. The molecule has 5 nitrogen and oxygen atoms in total. The number of aryl methyl sites for hydroxylation is 1. The molecule has 0 radical (unpaired) electrons. The van der Waals surface area contributed by atoms with Crippen LogP contribution in [0.15, 0.2) is 54.0 Å². The quantitative estimate of drug-likeness (QED) is 0.705. The minimum Gasteiger partial charge on any atom is -0.486 e. The average molecular weight is 353 g/mol. The van der Waals surface area contributed by atoms with Gasteiger partial charge in [0.15, 0.2) is 0 Å². The van der Waals surface area contributed by atoms with Gasteiger partial charge in [0.25, 0.3) is 5.91 Å². The van der Waals surface area contributed by atoms with Gasteiger partial charge in [-0.1, -0.05) is 25.1 Å². The molecular formula is C19H19N3O2S. The van der Waals surface area contributed by atoms with Gasteiger partial charge in [-0.05, 0) is 36.2 Å². The van der Waals surface area contributed by atoms with E-state index in [0.717, 1.165) is 22.9 Å². The Balaban J connectivity index is 1.53. The third-order valence-electron chi connectivity index (χ3n) is 3.61. The summed E-state index contributed by atoms with van der Waals surface area (Å²) in [5, 5.41) is 5.33. The van der Waals surface area contributed by atoms with Gasteiger partial charge in [-0.15, -0.1) is 11.3 Å². The number of rotatable bonds is 7. The number of amides is 1. The third kappa shape index (κ3) is 4.87. The van der Waals surface area contributed by atoms with Gasteiger partial charge in [0.1, 0.15) is 23.1 Å². The smallest absolute Gasteiger partial charge is 0.271 e. The van der Waals surface area contributed by atoms with Crippen LogP contribution in [0.3, 0.4) is 0 Å². The zero-order valence-electron chi connectivity index (χ0n) is 13.9. The van der Waals surface area contributed by atoms with Crippen LogP contribution in [0, 0.1) is 0 Å². The molecule has 0 unspecified atom stereocenters. The number of thiazole rings is 1. The molecule has 1 amide bonds. The molecule has 0 saturated carbocycles. The zero-order valence-corrected chi connectivity index (χ0v) is 14.8. The maximum atomic E-state index is 12.2. The lowest BCUT2D eigenvalue weighted by Crippen LogP contribution is -2.23. The van der Waals surface area contributed by atoms with E-state index in [-0.39, 0.29) is 5.91 Å². The summed E-state index contributed by atoms with van der Waals surface area (Å²) < 4.78 is 5.76. The summed E-state index contributed by atoms with van der Waals surface area (Å²) in [6.07, 6.45) is 2.67. The summed E-state index contributed by atoms with van der Waals surface area (Å²) in [5.74, 6) is 0.608. The van der Waals surface area contributed by atoms with Crippen molar-refractivity contribution in [1.29, 1.82) is 0 Å². The Bertz CT molecular complexity index is 833. The van der Waals surface area contributed by atoms with E-state index in [1.807, 2.05) is 36.4 Å². The predicted molar refractivity (Wildman–Crippen MR) is 97.7 cm³/mol. The topological polar surface area (TPSA) is 64.1 Å². The first kappa shape index (κ1) is 17.1. The molecule has 3 aromatic rings. The first-order chi connectivity index (χ1) is 12.2. The highest BCUT2D eigenvalue weighted by atomic mass is 32.1. The second kappa shape index (κ2) is 8.39. The molecule has 1 aromatic carbocycles. The minimum absolute atomic E-state index is 0.207. The lowest BCUT2D eigenvalue weighted by Gasteiger charge is -2.05. The van der Waals surface area contributed by atoms with Gasteiger partial charge in [-0.3, -0.25) is 9.78 Å². The van der Waals surface area contributed by atoms with E-state index in [1.54, 1.807) is 11.6 Å². The normalized spacial score (nSPS) is 10.4. The number of hydrogen-bond acceptors (Lipinski definition) is 5. The summed E-state index contributed by atoms with van der Waals surface area (Å²) in [7, 11) is 0. The Hall–Kier alpha value is -2.73. The monoisotopic (exact) mass is 353 g/mol. The number of hydrogen-bond donors (Lipinski definition) is 1. The number of nitrogens with zero attached hydrogens (tertiary/aromatic N) is 2. The molecule has 6 heteroatoms. The Morgan fingerprint density at radius 3 is 2.96 bits per heavy atom. The fourth-order valence-electron chi connectivity index (χ4n) is 2.25. The predicted octanol–water partition coefficient (Wildman–Crippen LogP) is 3.61. The lowest BCUT2D eigenvalue weighted by atomic mass is 10.2. The lowest BCUT2D eigenvalue weighted by molar-refractivity contribution is 0.0946. The van der Waals surface area contributed by atoms with E-state index in [9.17, 15) is 4.79 Å². The van der Waals surface area contributed by atoms with Gasteiger partial charge in [0, 0.05) is 11.6 Å². The standard InChI is InChI=1S/C19H19N3O2S/c1-2-14-6-5-8-16(10-14)24-12-18-22-17(13-25-18)19(23)21-11-15-7-3-4-9-20-15/h3-10,13H,2,11-12H2,1H3,(H,21,23). The SMILES string of the molecule is CCc1cccc(OCc2nc(C(=O)NCc3ccccn3)cs2)c1. The summed E-state index contributed by atoms with van der Waals surface area (Å²) in [4.78, 5) is 20.7. The molecular weight excluding hydrogens is 334 g/mol. The van der Waals surface area contributed by atoms with E-state index < -0.39 is 0 Å². The third-order valence-corrected chi connectivity index (χ3v) is 4.43. The van der Waals surface area contributed by atoms with Crippen LogP contribution in [-0.4, -0.2) is 15.9 Å². The molecule has 0 fully saturated rings. The molecule has 0 bridgehead atoms. The van der Waals surface area contributed by atoms with Crippen LogP contribution in [0.25, 0.3) is 0 Å². The van der Waals surface area contributed by atoms with Crippen LogP contribution in [0.4, 0.5) is 0 Å². The molecule has 2 aromatic heterocycles. The Labute approximate surface area is 150 Å². The zero-order chi connectivity index (χ0) is 17.5. The molecule has 1 N–H and O–H groups in total. The van der Waals surface area contributed by atoms with Gasteiger partial charge in [0.2, 0.25) is 0 Å². The van der Waals surface area contributed by atoms with E-state index in [0.29, 0.717) is 18.8 Å². The van der Waals surface area contributed by atoms with Crippen molar-refractivity contribution in [2.75, 3.05) is 0 Å². The highest BCUT2D eigenvalue weighted by Crippen LogP contribution is 2.17. The van der Waals surface area contributed by atoms with Crippen LogP contribution in [0.5, 0.6) is 5.75 Å². The van der Waals surface area contributed by atoms with Crippen LogP contribution in [0.2, 0.25) is 0 Å². The van der Waals surface area contributed by atoms with E-state index >= 15 is 0 Å². The molecule has 0 spiro atoms. The van der Waals surface area contributed by atoms with Crippen LogP contribution in [0.1, 0.15) is 33.7 Å². The van der Waals surface area contributed by atoms with Crippen molar-refractivity contribution in [3.8, 4) is 5.75 Å². The first-order valence-electron chi connectivity index (χ1n) is 8.09. The summed E-state index contributed by atoms with van der Waals surface area (Å²) >= 11 is 1.42. The highest BCUT2D eigenvalue weighted by molar-refractivity contribution is 7.09. The largest absolute Gasteiger partial charge is 0.486 e. The van der Waals surface area contributed by atoms with Gasteiger partial charge in [-0.2, -0.15) is 0 Å². The number of benzene rings is 1. The summed E-state index contributed by atoms with van der Waals surface area (Å²) in [6.45, 7) is 2.84. The van der Waals surface area contributed by atoms with E-state index in [1.165, 1.54) is 16.9 Å². The van der Waals surface area contributed by atoms with Crippen LogP contribution >= 0.6 is 11.3 Å². The molecule has 0 aliphatic heterocycles. The van der Waals surface area contributed by atoms with Gasteiger partial charge in [-0.25, -0.2) is 4.98 Å². The second-order valence-corrected chi connectivity index (χ2v) is 6.36. The Morgan fingerprint density at radius 2 is 2.16 bits per heavy atom. The molecule has 3 rings (SSSR count). The fourth-order valence-corrected chi connectivity index (χ4v) is 2.93. The molecule has 25 heavy (non-hydrogen) atoms. The maximum absolute atomic E-state index is 12.2. The van der Waals surface area contributed by atoms with Crippen LogP contribution < -0.4 is 10.1 Å². The molecule has 0 aliphatic rings. The van der Waals surface area contributed by atoms with Gasteiger partial charge >= 0.3 is 0 Å². The van der Waals surface area contributed by atoms with Crippen molar-refractivity contribution in [2.24, 2.45) is 0 Å². The molecule has 0 saturated heterocycles. The number of pyridine rings is 1. The molecule has 0 atom stereocenters. The summed E-state index contributed by atoms with van der Waals surface area (Å²) in [5.41, 5.74) is 2.44. The van der Waals surface area contributed by atoms with E-state index in [4.69, 9.17) is 4.74 Å². The van der Waals surface area contributed by atoms with Gasteiger partial charge < -0.3 is 10.1 Å². The van der Waals surface area contributed by atoms with E-state index in [2.05, 4.69) is 28.3 Å². The van der Waals surface area contributed by atoms with Gasteiger partial charge in [0.05, 0.1) is 12.2 Å². The fraction of sp³-hybridized carbons (Fsp3) is 0.211. The van der Waals surface area contributed by atoms with Crippen molar-refractivity contribution in [2.45, 2.75) is 26.5 Å².